The van der Waals surface area contributed by atoms with Crippen LogP contribution in [0.5, 0.6) is 11.5 Å². The number of nitrogens with zero attached hydrogens (tertiary/aromatic N) is 4. The Balaban J connectivity index is 1.77. The predicted octanol–water partition coefficient (Wildman–Crippen LogP) is 4.38. The van der Waals surface area contributed by atoms with E-state index in [1.807, 2.05) is 0 Å². The van der Waals surface area contributed by atoms with Crippen LogP contribution in [0, 0.1) is 11.3 Å². The Morgan fingerprint density at radius 3 is 2.54 bits per heavy atom. The Labute approximate surface area is 199 Å². The van der Waals surface area contributed by atoms with Crippen molar-refractivity contribution in [3.8, 4) is 28.7 Å². The maximum atomic E-state index is 13.6. The van der Waals surface area contributed by atoms with Gasteiger partial charge in [0.05, 0.1) is 35.8 Å². The van der Waals surface area contributed by atoms with E-state index in [2.05, 4.69) is 15.2 Å². The van der Waals surface area contributed by atoms with Crippen molar-refractivity contribution in [3.63, 3.8) is 0 Å². The van der Waals surface area contributed by atoms with Crippen molar-refractivity contribution in [1.82, 2.24) is 19.7 Å². The summed E-state index contributed by atoms with van der Waals surface area (Å²) < 4.78 is 46.8. The molecule has 0 saturated carbocycles. The number of nitriles is 1. The van der Waals surface area contributed by atoms with Crippen LogP contribution in [0.1, 0.15) is 17.0 Å². The first-order valence-electron chi connectivity index (χ1n) is 9.85. The second-order valence-electron chi connectivity index (χ2n) is 7.21. The third-order valence-corrected chi connectivity index (χ3v) is 4.98. The first-order chi connectivity index (χ1) is 16.7. The van der Waals surface area contributed by atoms with Crippen LogP contribution in [0.3, 0.4) is 0 Å². The number of alkyl halides is 3. The molecule has 12 heteroatoms. The molecule has 2 aromatic carbocycles. The van der Waals surface area contributed by atoms with Crippen molar-refractivity contribution in [2.75, 3.05) is 0 Å². The fourth-order valence-corrected chi connectivity index (χ4v) is 3.44. The van der Waals surface area contributed by atoms with E-state index in [1.54, 1.807) is 36.4 Å². The van der Waals surface area contributed by atoms with Gasteiger partial charge in [-0.15, -0.1) is 0 Å². The lowest BCUT2D eigenvalue weighted by Crippen LogP contribution is -2.27. The quantitative estimate of drug-likeness (QED) is 0.436. The van der Waals surface area contributed by atoms with E-state index in [9.17, 15) is 22.8 Å². The molecule has 0 radical (unpaired) electrons. The molecule has 4 rings (SSSR count). The molecule has 0 saturated heterocycles. The SMILES string of the molecule is N#Cc1cc(Cl)cc(Oc2c(C(F)(F)F)ncn(Cc3cc(-c4ccccc4)c(=O)[nH]n3)c2=O)c1. The molecular weight excluding hydrogens is 487 g/mol. The molecule has 176 valence electrons. The lowest BCUT2D eigenvalue weighted by molar-refractivity contribution is -0.142. The lowest BCUT2D eigenvalue weighted by atomic mass is 10.1. The van der Waals surface area contributed by atoms with Gasteiger partial charge >= 0.3 is 6.18 Å². The highest BCUT2D eigenvalue weighted by Gasteiger charge is 2.38. The highest BCUT2D eigenvalue weighted by molar-refractivity contribution is 6.30. The second kappa shape index (κ2) is 9.44. The standard InChI is InChI=1S/C23H13ClF3N5O3/c24-15-6-13(10-28)7-17(8-15)35-19-20(23(25,26)27)29-12-32(22(19)34)11-16-9-18(21(33)31-30-16)14-4-2-1-3-5-14/h1-9,12H,11H2,(H,31,33). The number of benzene rings is 2. The van der Waals surface area contributed by atoms with Crippen LogP contribution < -0.4 is 15.9 Å². The normalized spacial score (nSPS) is 11.2. The summed E-state index contributed by atoms with van der Waals surface area (Å²) in [5.74, 6) is -1.34. The number of aromatic nitrogens is 4. The average molecular weight is 500 g/mol. The van der Waals surface area contributed by atoms with Crippen LogP contribution in [-0.2, 0) is 12.7 Å². The maximum absolute atomic E-state index is 13.6. The van der Waals surface area contributed by atoms with Gasteiger partial charge in [-0.3, -0.25) is 14.2 Å². The first-order valence-corrected chi connectivity index (χ1v) is 10.2. The Bertz CT molecular complexity index is 1560. The van der Waals surface area contributed by atoms with Crippen molar-refractivity contribution < 1.29 is 17.9 Å². The average Bonchev–Trinajstić information content (AvgIpc) is 2.82. The number of halogens is 4. The van der Waals surface area contributed by atoms with Gasteiger partial charge in [-0.1, -0.05) is 41.9 Å². The third-order valence-electron chi connectivity index (χ3n) is 4.76. The van der Waals surface area contributed by atoms with Gasteiger partial charge in [0.1, 0.15) is 5.75 Å². The molecule has 0 aliphatic heterocycles. The fourth-order valence-electron chi connectivity index (χ4n) is 3.22. The lowest BCUT2D eigenvalue weighted by Gasteiger charge is -2.15. The van der Waals surface area contributed by atoms with Crippen LogP contribution in [0.25, 0.3) is 11.1 Å². The molecule has 4 aromatic rings. The van der Waals surface area contributed by atoms with Crippen LogP contribution >= 0.6 is 11.6 Å². The molecule has 1 N–H and O–H groups in total. The Hall–Kier alpha value is -4.43. The van der Waals surface area contributed by atoms with Crippen molar-refractivity contribution in [2.24, 2.45) is 0 Å². The Morgan fingerprint density at radius 2 is 1.86 bits per heavy atom. The number of hydrogen-bond acceptors (Lipinski definition) is 6. The highest BCUT2D eigenvalue weighted by atomic mass is 35.5. The fraction of sp³-hybridized carbons (Fsp3) is 0.0870. The maximum Gasteiger partial charge on any atom is 0.437 e. The summed E-state index contributed by atoms with van der Waals surface area (Å²) in [7, 11) is 0. The minimum atomic E-state index is -5.00. The molecule has 0 atom stereocenters. The van der Waals surface area contributed by atoms with E-state index in [4.69, 9.17) is 21.6 Å². The second-order valence-corrected chi connectivity index (χ2v) is 7.65. The van der Waals surface area contributed by atoms with E-state index in [1.165, 1.54) is 12.1 Å². The van der Waals surface area contributed by atoms with Gasteiger partial charge in [0.15, 0.2) is 5.69 Å². The number of aromatic amines is 1. The number of H-pyrrole nitrogens is 1. The summed E-state index contributed by atoms with van der Waals surface area (Å²) in [5, 5.41) is 15.3. The molecule has 0 aliphatic carbocycles. The topological polar surface area (TPSA) is 114 Å². The summed E-state index contributed by atoms with van der Waals surface area (Å²) in [5.41, 5.74) is -2.10. The molecule has 0 unspecified atom stereocenters. The minimum Gasteiger partial charge on any atom is -0.449 e. The molecule has 2 aromatic heterocycles. The summed E-state index contributed by atoms with van der Waals surface area (Å²) >= 11 is 5.89. The minimum absolute atomic E-state index is 0.0242. The number of rotatable bonds is 5. The van der Waals surface area contributed by atoms with Crippen molar-refractivity contribution >= 4 is 11.6 Å². The van der Waals surface area contributed by atoms with Crippen molar-refractivity contribution in [1.29, 1.82) is 5.26 Å². The number of nitrogens with one attached hydrogen (secondary N) is 1. The van der Waals surface area contributed by atoms with Crippen molar-refractivity contribution in [3.05, 3.63) is 104 Å². The number of hydrogen-bond donors (Lipinski definition) is 1. The molecule has 0 fully saturated rings. The zero-order valence-electron chi connectivity index (χ0n) is 17.5. The van der Waals surface area contributed by atoms with Crippen LogP contribution in [0.4, 0.5) is 13.2 Å². The van der Waals surface area contributed by atoms with E-state index >= 15 is 0 Å². The zero-order chi connectivity index (χ0) is 25.2. The molecule has 0 aliphatic rings. The third kappa shape index (κ3) is 5.23. The summed E-state index contributed by atoms with van der Waals surface area (Å²) in [4.78, 5) is 28.6. The van der Waals surface area contributed by atoms with Crippen LogP contribution in [0.2, 0.25) is 5.02 Å². The highest BCUT2D eigenvalue weighted by Crippen LogP contribution is 2.35. The zero-order valence-corrected chi connectivity index (χ0v) is 18.3. The molecule has 0 amide bonds. The molecular formula is C23H13ClF3N5O3. The molecule has 35 heavy (non-hydrogen) atoms. The summed E-state index contributed by atoms with van der Waals surface area (Å²) in [6.07, 6.45) is -4.29. The predicted molar refractivity (Wildman–Crippen MR) is 119 cm³/mol. The summed E-state index contributed by atoms with van der Waals surface area (Å²) in [6.45, 7) is -0.310. The molecule has 0 bridgehead atoms. The van der Waals surface area contributed by atoms with Crippen molar-refractivity contribution in [2.45, 2.75) is 12.7 Å². The molecule has 2 heterocycles. The largest absolute Gasteiger partial charge is 0.449 e. The van der Waals surface area contributed by atoms with Gasteiger partial charge in [-0.2, -0.15) is 23.5 Å². The van der Waals surface area contributed by atoms with Gasteiger partial charge < -0.3 is 4.74 Å². The number of ether oxygens (including phenoxy) is 1. The van der Waals surface area contributed by atoms with Gasteiger partial charge in [0, 0.05) is 5.02 Å². The monoisotopic (exact) mass is 499 g/mol. The van der Waals surface area contributed by atoms with Gasteiger partial charge in [0.2, 0.25) is 5.75 Å². The van der Waals surface area contributed by atoms with Gasteiger partial charge in [0.25, 0.3) is 11.1 Å². The van der Waals surface area contributed by atoms with Gasteiger partial charge in [-0.05, 0) is 29.8 Å². The van der Waals surface area contributed by atoms with E-state index in [0.29, 0.717) is 11.9 Å². The Kier molecular flexibility index (Phi) is 6.40. The summed E-state index contributed by atoms with van der Waals surface area (Å²) in [6, 6.07) is 15.4. The first kappa shape index (κ1) is 23.7. The molecule has 8 nitrogen and oxygen atoms in total. The van der Waals surface area contributed by atoms with Crippen LogP contribution in [0.15, 0.2) is 70.5 Å². The van der Waals surface area contributed by atoms with E-state index in [-0.39, 0.29) is 34.1 Å². The Morgan fingerprint density at radius 1 is 1.11 bits per heavy atom. The smallest absolute Gasteiger partial charge is 0.437 e. The van der Waals surface area contributed by atoms with Gasteiger partial charge in [-0.25, -0.2) is 10.1 Å². The van der Waals surface area contributed by atoms with E-state index < -0.39 is 28.7 Å². The van der Waals surface area contributed by atoms with E-state index in [0.717, 1.165) is 16.7 Å². The van der Waals surface area contributed by atoms with Crippen LogP contribution in [-0.4, -0.2) is 19.7 Å². The molecule has 0 spiro atoms.